The van der Waals surface area contributed by atoms with Gasteiger partial charge in [0.1, 0.15) is 0 Å². The predicted molar refractivity (Wildman–Crippen MR) is 72.1 cm³/mol. The SMILES string of the molecule is CCOC(=O)NC(CCC(C)(C)C)C(C)(C)C. The van der Waals surface area contributed by atoms with E-state index in [1.165, 1.54) is 0 Å². The van der Waals surface area contributed by atoms with E-state index >= 15 is 0 Å². The van der Waals surface area contributed by atoms with Crippen molar-refractivity contribution < 1.29 is 9.53 Å². The summed E-state index contributed by atoms with van der Waals surface area (Å²) >= 11 is 0. The van der Waals surface area contributed by atoms with Crippen LogP contribution in [-0.4, -0.2) is 18.7 Å². The molecule has 0 heterocycles. The van der Waals surface area contributed by atoms with Crippen molar-refractivity contribution in [3.05, 3.63) is 0 Å². The minimum absolute atomic E-state index is 0.0536. The number of alkyl carbamates (subject to hydrolysis) is 1. The van der Waals surface area contributed by atoms with Crippen molar-refractivity contribution in [2.24, 2.45) is 10.8 Å². The summed E-state index contributed by atoms with van der Waals surface area (Å²) in [7, 11) is 0. The molecule has 1 unspecified atom stereocenters. The Kier molecular flexibility index (Phi) is 6.00. The Labute approximate surface area is 106 Å². The van der Waals surface area contributed by atoms with Crippen LogP contribution in [0.4, 0.5) is 4.79 Å². The smallest absolute Gasteiger partial charge is 0.407 e. The Bertz CT molecular complexity index is 236. The first-order chi connectivity index (χ1) is 7.56. The normalized spacial score (nSPS) is 14.3. The number of hydrogen-bond acceptors (Lipinski definition) is 2. The summed E-state index contributed by atoms with van der Waals surface area (Å²) in [6.45, 7) is 15.3. The van der Waals surface area contributed by atoms with Gasteiger partial charge >= 0.3 is 6.09 Å². The average Bonchev–Trinajstić information content (AvgIpc) is 2.09. The highest BCUT2D eigenvalue weighted by molar-refractivity contribution is 5.67. The predicted octanol–water partition coefficient (Wildman–Crippen LogP) is 3.97. The van der Waals surface area contributed by atoms with Crippen LogP contribution in [0.15, 0.2) is 0 Å². The molecule has 0 saturated heterocycles. The van der Waals surface area contributed by atoms with Gasteiger partial charge in [-0.15, -0.1) is 0 Å². The number of ether oxygens (including phenoxy) is 1. The molecule has 1 atom stereocenters. The standard InChI is InChI=1S/C14H29NO2/c1-8-17-12(16)15-11(14(5,6)7)9-10-13(2,3)4/h11H,8-10H2,1-7H3,(H,15,16). The summed E-state index contributed by atoms with van der Waals surface area (Å²) in [6, 6.07) is 0.153. The van der Waals surface area contributed by atoms with Gasteiger partial charge in [0, 0.05) is 6.04 Å². The van der Waals surface area contributed by atoms with Gasteiger partial charge in [-0.05, 0) is 30.6 Å². The quantitative estimate of drug-likeness (QED) is 0.811. The van der Waals surface area contributed by atoms with Gasteiger partial charge in [0.25, 0.3) is 0 Å². The Hall–Kier alpha value is -0.730. The molecule has 0 radical (unpaired) electrons. The van der Waals surface area contributed by atoms with E-state index in [1.54, 1.807) is 0 Å². The molecule has 0 aliphatic rings. The monoisotopic (exact) mass is 243 g/mol. The Morgan fingerprint density at radius 2 is 1.71 bits per heavy atom. The third-order valence-electron chi connectivity index (χ3n) is 2.80. The van der Waals surface area contributed by atoms with E-state index in [1.807, 2.05) is 6.92 Å². The zero-order valence-electron chi connectivity index (χ0n) is 12.5. The zero-order valence-corrected chi connectivity index (χ0v) is 12.5. The number of nitrogens with one attached hydrogen (secondary N) is 1. The lowest BCUT2D eigenvalue weighted by atomic mass is 9.80. The molecule has 17 heavy (non-hydrogen) atoms. The van der Waals surface area contributed by atoms with Gasteiger partial charge < -0.3 is 10.1 Å². The van der Waals surface area contributed by atoms with Crippen LogP contribution in [0.25, 0.3) is 0 Å². The van der Waals surface area contributed by atoms with Crippen LogP contribution in [0.1, 0.15) is 61.3 Å². The summed E-state index contributed by atoms with van der Waals surface area (Å²) < 4.78 is 4.95. The van der Waals surface area contributed by atoms with E-state index in [0.717, 1.165) is 12.8 Å². The van der Waals surface area contributed by atoms with Crippen LogP contribution in [0.5, 0.6) is 0 Å². The number of carbonyl (C=O) groups excluding carboxylic acids is 1. The fraction of sp³-hybridized carbons (Fsp3) is 0.929. The molecule has 0 aromatic rings. The molecule has 0 saturated carbocycles. The Morgan fingerprint density at radius 3 is 2.06 bits per heavy atom. The lowest BCUT2D eigenvalue weighted by molar-refractivity contribution is 0.132. The van der Waals surface area contributed by atoms with Crippen LogP contribution in [0, 0.1) is 10.8 Å². The van der Waals surface area contributed by atoms with Crippen molar-refractivity contribution in [1.82, 2.24) is 5.32 Å². The third kappa shape index (κ3) is 8.06. The van der Waals surface area contributed by atoms with Gasteiger partial charge in [0.2, 0.25) is 0 Å². The van der Waals surface area contributed by atoms with E-state index in [-0.39, 0.29) is 17.6 Å². The minimum Gasteiger partial charge on any atom is -0.450 e. The van der Waals surface area contributed by atoms with E-state index in [9.17, 15) is 4.79 Å². The molecular weight excluding hydrogens is 214 g/mol. The molecule has 3 heteroatoms. The van der Waals surface area contributed by atoms with Crippen LogP contribution >= 0.6 is 0 Å². The van der Waals surface area contributed by atoms with Crippen LogP contribution in [-0.2, 0) is 4.74 Å². The first-order valence-electron chi connectivity index (χ1n) is 6.49. The first kappa shape index (κ1) is 16.3. The summed E-state index contributed by atoms with van der Waals surface area (Å²) in [4.78, 5) is 11.5. The maximum Gasteiger partial charge on any atom is 0.407 e. The zero-order chi connectivity index (χ0) is 13.7. The first-order valence-corrected chi connectivity index (χ1v) is 6.49. The third-order valence-corrected chi connectivity index (χ3v) is 2.80. The molecule has 0 spiro atoms. The molecular formula is C14H29NO2. The fourth-order valence-electron chi connectivity index (χ4n) is 1.61. The fourth-order valence-corrected chi connectivity index (χ4v) is 1.61. The Balaban J connectivity index is 4.41. The van der Waals surface area contributed by atoms with Crippen LogP contribution in [0.3, 0.4) is 0 Å². The molecule has 1 N–H and O–H groups in total. The second kappa shape index (κ2) is 6.27. The molecule has 0 aromatic heterocycles. The maximum atomic E-state index is 11.5. The summed E-state index contributed by atoms with van der Waals surface area (Å²) in [6.07, 6.45) is 1.76. The average molecular weight is 243 g/mol. The minimum atomic E-state index is -0.304. The number of hydrogen-bond donors (Lipinski definition) is 1. The molecule has 102 valence electrons. The molecule has 3 nitrogen and oxygen atoms in total. The van der Waals surface area contributed by atoms with Gasteiger partial charge in [0.05, 0.1) is 6.61 Å². The van der Waals surface area contributed by atoms with Gasteiger partial charge in [-0.25, -0.2) is 4.79 Å². The number of carbonyl (C=O) groups is 1. The lowest BCUT2D eigenvalue weighted by Gasteiger charge is -2.33. The largest absolute Gasteiger partial charge is 0.450 e. The molecule has 0 aromatic carbocycles. The molecule has 0 bridgehead atoms. The van der Waals surface area contributed by atoms with E-state index < -0.39 is 0 Å². The van der Waals surface area contributed by atoms with E-state index in [0.29, 0.717) is 12.0 Å². The highest BCUT2D eigenvalue weighted by Gasteiger charge is 2.27. The van der Waals surface area contributed by atoms with Crippen molar-refractivity contribution in [1.29, 1.82) is 0 Å². The van der Waals surface area contributed by atoms with Crippen molar-refractivity contribution in [3.8, 4) is 0 Å². The van der Waals surface area contributed by atoms with Crippen LogP contribution in [0.2, 0.25) is 0 Å². The molecule has 0 aliphatic heterocycles. The molecule has 0 fully saturated rings. The van der Waals surface area contributed by atoms with Crippen molar-refractivity contribution in [2.45, 2.75) is 67.3 Å². The van der Waals surface area contributed by atoms with Crippen LogP contribution < -0.4 is 5.32 Å². The molecule has 1 amide bonds. The van der Waals surface area contributed by atoms with Crippen molar-refractivity contribution in [3.63, 3.8) is 0 Å². The maximum absolute atomic E-state index is 11.5. The highest BCUT2D eigenvalue weighted by Crippen LogP contribution is 2.28. The highest BCUT2D eigenvalue weighted by atomic mass is 16.5. The molecule has 0 rings (SSSR count). The second-order valence-corrected chi connectivity index (χ2v) is 6.88. The topological polar surface area (TPSA) is 38.3 Å². The Morgan fingerprint density at radius 1 is 1.18 bits per heavy atom. The van der Waals surface area contributed by atoms with Gasteiger partial charge in [-0.3, -0.25) is 0 Å². The summed E-state index contributed by atoms with van der Waals surface area (Å²) in [5.41, 5.74) is 0.345. The van der Waals surface area contributed by atoms with Gasteiger partial charge in [-0.1, -0.05) is 41.5 Å². The summed E-state index contributed by atoms with van der Waals surface area (Å²) in [5, 5.41) is 2.97. The lowest BCUT2D eigenvalue weighted by Crippen LogP contribution is -2.44. The summed E-state index contributed by atoms with van der Waals surface area (Å²) in [5.74, 6) is 0. The number of amides is 1. The van der Waals surface area contributed by atoms with Crippen molar-refractivity contribution >= 4 is 6.09 Å². The number of rotatable bonds is 4. The van der Waals surface area contributed by atoms with Crippen molar-refractivity contribution in [2.75, 3.05) is 6.61 Å². The van der Waals surface area contributed by atoms with E-state index in [4.69, 9.17) is 4.74 Å². The van der Waals surface area contributed by atoms with E-state index in [2.05, 4.69) is 46.9 Å². The van der Waals surface area contributed by atoms with Gasteiger partial charge in [0.15, 0.2) is 0 Å². The second-order valence-electron chi connectivity index (χ2n) is 6.88. The molecule has 0 aliphatic carbocycles. The van der Waals surface area contributed by atoms with Gasteiger partial charge in [-0.2, -0.15) is 0 Å².